The predicted molar refractivity (Wildman–Crippen MR) is 86.5 cm³/mol. The Morgan fingerprint density at radius 1 is 1.04 bits per heavy atom. The fraction of sp³-hybridized carbons (Fsp3) is 0.444. The van der Waals surface area contributed by atoms with Gasteiger partial charge in [0, 0.05) is 0 Å². The van der Waals surface area contributed by atoms with E-state index in [1.54, 1.807) is 6.07 Å². The number of benzene rings is 1. The van der Waals surface area contributed by atoms with Crippen molar-refractivity contribution in [2.24, 2.45) is 35.5 Å². The van der Waals surface area contributed by atoms with Gasteiger partial charge in [-0.05, 0) is 42.2 Å². The molecule has 5 heteroatoms. The fourth-order valence-electron chi connectivity index (χ4n) is 4.94. The molecular formula is C18H17ClN2O2. The number of hydrogen-bond donors (Lipinski definition) is 1. The first-order chi connectivity index (χ1) is 11.2. The van der Waals surface area contributed by atoms with E-state index in [2.05, 4.69) is 17.5 Å². The van der Waals surface area contributed by atoms with Crippen LogP contribution in [0.15, 0.2) is 36.4 Å². The lowest BCUT2D eigenvalue weighted by Crippen LogP contribution is -2.40. The molecule has 6 rings (SSSR count). The van der Waals surface area contributed by atoms with Gasteiger partial charge in [-0.2, -0.15) is 0 Å². The maximum atomic E-state index is 12.8. The molecule has 23 heavy (non-hydrogen) atoms. The van der Waals surface area contributed by atoms with Crippen LogP contribution in [-0.4, -0.2) is 23.4 Å². The molecule has 5 aliphatic rings. The topological polar surface area (TPSA) is 49.4 Å². The molecule has 1 aliphatic heterocycles. The van der Waals surface area contributed by atoms with Gasteiger partial charge < -0.3 is 5.32 Å². The average molecular weight is 329 g/mol. The molecule has 1 aromatic carbocycles. The molecule has 118 valence electrons. The molecule has 0 spiro atoms. The fourth-order valence-corrected chi connectivity index (χ4v) is 5.15. The Bertz CT molecular complexity index is 710. The van der Waals surface area contributed by atoms with E-state index in [1.807, 2.05) is 18.2 Å². The van der Waals surface area contributed by atoms with Gasteiger partial charge >= 0.3 is 0 Å². The lowest BCUT2D eigenvalue weighted by molar-refractivity contribution is -0.139. The molecular weight excluding hydrogens is 312 g/mol. The minimum absolute atomic E-state index is 0.00995. The van der Waals surface area contributed by atoms with Crippen molar-refractivity contribution in [2.75, 3.05) is 12.0 Å². The summed E-state index contributed by atoms with van der Waals surface area (Å²) in [6.45, 7) is 0.198. The normalized spacial score (nSPS) is 39.4. The van der Waals surface area contributed by atoms with Gasteiger partial charge in [-0.25, -0.2) is 0 Å². The van der Waals surface area contributed by atoms with Gasteiger partial charge in [0.05, 0.1) is 29.2 Å². The van der Waals surface area contributed by atoms with Crippen LogP contribution < -0.4 is 5.32 Å². The van der Waals surface area contributed by atoms with Gasteiger partial charge in [-0.3, -0.25) is 14.5 Å². The zero-order valence-electron chi connectivity index (χ0n) is 12.5. The monoisotopic (exact) mass is 328 g/mol. The van der Waals surface area contributed by atoms with E-state index < -0.39 is 0 Å². The molecule has 0 aromatic heterocycles. The smallest absolute Gasteiger partial charge is 0.235 e. The molecule has 0 unspecified atom stereocenters. The number of nitrogens with one attached hydrogen (secondary N) is 1. The van der Waals surface area contributed by atoms with Crippen LogP contribution in [-0.2, 0) is 9.59 Å². The van der Waals surface area contributed by atoms with E-state index in [9.17, 15) is 9.59 Å². The third-order valence-corrected chi connectivity index (χ3v) is 6.39. The minimum atomic E-state index is -0.130. The molecule has 4 nitrogen and oxygen atoms in total. The van der Waals surface area contributed by atoms with Gasteiger partial charge in [-0.1, -0.05) is 35.9 Å². The molecule has 1 heterocycles. The van der Waals surface area contributed by atoms with Crippen molar-refractivity contribution in [3.8, 4) is 0 Å². The van der Waals surface area contributed by atoms with Crippen molar-refractivity contribution in [1.82, 2.24) is 4.90 Å². The van der Waals surface area contributed by atoms with Crippen molar-refractivity contribution in [3.05, 3.63) is 41.4 Å². The average Bonchev–Trinajstić information content (AvgIpc) is 3.33. The molecule has 2 saturated carbocycles. The van der Waals surface area contributed by atoms with Crippen molar-refractivity contribution < 1.29 is 9.59 Å². The Labute approximate surface area is 139 Å². The predicted octanol–water partition coefficient (Wildman–Crippen LogP) is 2.76. The largest absolute Gasteiger partial charge is 0.366 e. The summed E-state index contributed by atoms with van der Waals surface area (Å²) in [5.74, 6) is 1.55. The third-order valence-electron chi connectivity index (χ3n) is 6.06. The zero-order valence-corrected chi connectivity index (χ0v) is 13.2. The number of rotatable bonds is 3. The second kappa shape index (κ2) is 4.60. The van der Waals surface area contributed by atoms with Crippen LogP contribution in [0.1, 0.15) is 6.42 Å². The number of para-hydroxylation sites is 1. The summed E-state index contributed by atoms with van der Waals surface area (Å²) in [6, 6.07) is 7.36. The van der Waals surface area contributed by atoms with E-state index in [0.29, 0.717) is 16.9 Å². The zero-order chi connectivity index (χ0) is 15.7. The maximum Gasteiger partial charge on any atom is 0.235 e. The molecule has 6 atom stereocenters. The van der Waals surface area contributed by atoms with E-state index in [4.69, 9.17) is 11.6 Å². The standard InChI is InChI=1S/C18H17ClN2O2/c19-13-3-1-2-4-14(13)20-8-21-17(22)15-9-5-6-10(12-7-11(9)12)16(15)18(21)23/h1-6,9-12,15-16,20H,7-8H2/t9-,10-,11-,12+,15+,16-/m1/s1. The van der Waals surface area contributed by atoms with Gasteiger partial charge in [-0.15, -0.1) is 0 Å². The number of halogens is 1. The first-order valence-electron chi connectivity index (χ1n) is 8.19. The first kappa shape index (κ1) is 13.6. The minimum Gasteiger partial charge on any atom is -0.366 e. The summed E-state index contributed by atoms with van der Waals surface area (Å²) >= 11 is 6.12. The number of hydrogen-bond acceptors (Lipinski definition) is 3. The van der Waals surface area contributed by atoms with Crippen LogP contribution in [0, 0.1) is 35.5 Å². The van der Waals surface area contributed by atoms with Gasteiger partial charge in [0.15, 0.2) is 0 Å². The molecule has 3 fully saturated rings. The summed E-state index contributed by atoms with van der Waals surface area (Å²) in [4.78, 5) is 27.0. The highest BCUT2D eigenvalue weighted by molar-refractivity contribution is 6.33. The number of nitrogens with zero attached hydrogens (tertiary/aromatic N) is 1. The lowest BCUT2D eigenvalue weighted by Gasteiger charge is -2.37. The number of amides is 2. The number of allylic oxidation sites excluding steroid dienone is 2. The van der Waals surface area contributed by atoms with E-state index in [1.165, 1.54) is 11.3 Å². The maximum absolute atomic E-state index is 12.8. The molecule has 2 bridgehead atoms. The quantitative estimate of drug-likeness (QED) is 0.685. The highest BCUT2D eigenvalue weighted by Crippen LogP contribution is 2.65. The van der Waals surface area contributed by atoms with E-state index in [-0.39, 0.29) is 42.2 Å². The molecule has 2 amide bonds. The van der Waals surface area contributed by atoms with Crippen LogP contribution in [0.3, 0.4) is 0 Å². The lowest BCUT2D eigenvalue weighted by atomic mass is 9.63. The summed E-state index contributed by atoms with van der Waals surface area (Å²) in [5.41, 5.74) is 0.744. The van der Waals surface area contributed by atoms with E-state index >= 15 is 0 Å². The highest BCUT2D eigenvalue weighted by atomic mass is 35.5. The van der Waals surface area contributed by atoms with E-state index in [0.717, 1.165) is 5.69 Å². The summed E-state index contributed by atoms with van der Waals surface area (Å²) < 4.78 is 0. The van der Waals surface area contributed by atoms with Crippen molar-refractivity contribution in [3.63, 3.8) is 0 Å². The SMILES string of the molecule is O=C1[C@@H]2[C@@H]3C=C[C@H]([C@H]4C[C@@H]34)[C@@H]2C(=O)N1CNc1ccccc1Cl. The second-order valence-electron chi connectivity index (χ2n) is 7.07. The molecule has 4 aliphatic carbocycles. The molecule has 0 radical (unpaired) electrons. The Hall–Kier alpha value is -1.81. The van der Waals surface area contributed by atoms with Crippen molar-refractivity contribution in [2.45, 2.75) is 6.42 Å². The first-order valence-corrected chi connectivity index (χ1v) is 8.56. The van der Waals surface area contributed by atoms with Crippen LogP contribution in [0.2, 0.25) is 5.02 Å². The summed E-state index contributed by atoms with van der Waals surface area (Å²) in [5, 5.41) is 3.72. The third kappa shape index (κ3) is 1.78. The van der Waals surface area contributed by atoms with Gasteiger partial charge in [0.1, 0.15) is 0 Å². The number of likely N-dealkylation sites (tertiary alicyclic amines) is 1. The molecule has 1 N–H and O–H groups in total. The van der Waals surface area contributed by atoms with Crippen molar-refractivity contribution >= 4 is 29.1 Å². The summed E-state index contributed by atoms with van der Waals surface area (Å²) in [7, 11) is 0. The second-order valence-corrected chi connectivity index (χ2v) is 7.48. The number of carbonyl (C=O) groups is 2. The Morgan fingerprint density at radius 3 is 2.26 bits per heavy atom. The van der Waals surface area contributed by atoms with Crippen molar-refractivity contribution in [1.29, 1.82) is 0 Å². The van der Waals surface area contributed by atoms with Gasteiger partial charge in [0.2, 0.25) is 11.8 Å². The number of anilines is 1. The number of imide groups is 1. The Balaban J connectivity index is 1.38. The Morgan fingerprint density at radius 2 is 1.65 bits per heavy atom. The van der Waals surface area contributed by atoms with Crippen LogP contribution in [0.4, 0.5) is 5.69 Å². The molecule has 1 saturated heterocycles. The number of carbonyl (C=O) groups excluding carboxylic acids is 2. The van der Waals surface area contributed by atoms with Crippen LogP contribution in [0.5, 0.6) is 0 Å². The summed E-state index contributed by atoms with van der Waals surface area (Å²) in [6.07, 6.45) is 5.57. The van der Waals surface area contributed by atoms with Crippen LogP contribution >= 0.6 is 11.6 Å². The Kier molecular flexibility index (Phi) is 2.72. The van der Waals surface area contributed by atoms with Gasteiger partial charge in [0.25, 0.3) is 0 Å². The highest BCUT2D eigenvalue weighted by Gasteiger charge is 2.66. The molecule has 1 aromatic rings. The van der Waals surface area contributed by atoms with Crippen LogP contribution in [0.25, 0.3) is 0 Å².